The molecule has 1 N–H and O–H groups in total. The summed E-state index contributed by atoms with van der Waals surface area (Å²) < 4.78 is 6.84. The van der Waals surface area contributed by atoms with Crippen LogP contribution in [0.25, 0.3) is 5.69 Å². The molecule has 0 aliphatic carbocycles. The first-order chi connectivity index (χ1) is 11.6. The number of nitrogens with zero attached hydrogens (tertiary/aromatic N) is 3. The quantitative estimate of drug-likeness (QED) is 0.927. The molecule has 0 spiro atoms. The number of carbonyl (C=O) groups excluding carboxylic acids is 1. The van der Waals surface area contributed by atoms with Gasteiger partial charge in [0.05, 0.1) is 19.0 Å². The lowest BCUT2D eigenvalue weighted by Gasteiger charge is -2.32. The molecule has 1 aromatic carbocycles. The number of methoxy groups -OCH3 is 1. The first kappa shape index (κ1) is 16.0. The van der Waals surface area contributed by atoms with E-state index in [1.54, 1.807) is 10.9 Å². The average molecular weight is 329 g/mol. The fourth-order valence-corrected chi connectivity index (χ4v) is 2.94. The Morgan fingerprint density at radius 2 is 2.00 bits per heavy atom. The van der Waals surface area contributed by atoms with Gasteiger partial charge in [0.15, 0.2) is 11.4 Å². The zero-order chi connectivity index (χ0) is 17.1. The molecule has 7 nitrogen and oxygen atoms in total. The SMILES string of the molecule is COc1cn(-c2ccccc2)nc1C(=O)N1CCCCC1C(=O)O. The van der Waals surface area contributed by atoms with Crippen molar-refractivity contribution in [3.8, 4) is 11.4 Å². The van der Waals surface area contributed by atoms with Gasteiger partial charge in [-0.1, -0.05) is 18.2 Å². The summed E-state index contributed by atoms with van der Waals surface area (Å²) in [4.78, 5) is 25.7. The second-order valence-electron chi connectivity index (χ2n) is 5.67. The van der Waals surface area contributed by atoms with E-state index in [1.807, 2.05) is 30.3 Å². The van der Waals surface area contributed by atoms with E-state index in [1.165, 1.54) is 12.0 Å². The topological polar surface area (TPSA) is 84.7 Å². The fraction of sp³-hybridized carbons (Fsp3) is 0.353. The van der Waals surface area contributed by atoms with E-state index < -0.39 is 17.9 Å². The maximum Gasteiger partial charge on any atom is 0.326 e. The van der Waals surface area contributed by atoms with Crippen LogP contribution in [0.2, 0.25) is 0 Å². The zero-order valence-corrected chi connectivity index (χ0v) is 13.4. The molecule has 1 aliphatic heterocycles. The summed E-state index contributed by atoms with van der Waals surface area (Å²) in [7, 11) is 1.47. The second-order valence-corrected chi connectivity index (χ2v) is 5.67. The van der Waals surface area contributed by atoms with Gasteiger partial charge in [-0.25, -0.2) is 9.48 Å². The number of rotatable bonds is 4. The highest BCUT2D eigenvalue weighted by molar-refractivity contribution is 5.97. The monoisotopic (exact) mass is 329 g/mol. The molecule has 126 valence electrons. The van der Waals surface area contributed by atoms with Crippen LogP contribution in [-0.2, 0) is 4.79 Å². The van der Waals surface area contributed by atoms with E-state index in [9.17, 15) is 14.7 Å². The summed E-state index contributed by atoms with van der Waals surface area (Å²) in [6, 6.07) is 8.55. The number of para-hydroxylation sites is 1. The van der Waals surface area contributed by atoms with E-state index in [0.717, 1.165) is 18.5 Å². The first-order valence-corrected chi connectivity index (χ1v) is 7.84. The largest absolute Gasteiger partial charge is 0.493 e. The molecule has 0 radical (unpaired) electrons. The van der Waals surface area contributed by atoms with Gasteiger partial charge in [-0.2, -0.15) is 5.10 Å². The molecule has 1 atom stereocenters. The van der Waals surface area contributed by atoms with Crippen LogP contribution < -0.4 is 4.74 Å². The van der Waals surface area contributed by atoms with Crippen molar-refractivity contribution in [1.29, 1.82) is 0 Å². The maximum atomic E-state index is 12.8. The molecule has 3 rings (SSSR count). The number of aliphatic carboxylic acids is 1. The van der Waals surface area contributed by atoms with Gasteiger partial charge in [0.1, 0.15) is 6.04 Å². The van der Waals surface area contributed by atoms with Crippen molar-refractivity contribution < 1.29 is 19.4 Å². The number of aromatic nitrogens is 2. The Kier molecular flexibility index (Phi) is 4.50. The Morgan fingerprint density at radius 3 is 2.67 bits per heavy atom. The zero-order valence-electron chi connectivity index (χ0n) is 13.4. The number of piperidine rings is 1. The van der Waals surface area contributed by atoms with Gasteiger partial charge in [0.25, 0.3) is 5.91 Å². The van der Waals surface area contributed by atoms with Gasteiger partial charge in [0.2, 0.25) is 0 Å². The minimum absolute atomic E-state index is 0.134. The molecule has 2 aromatic rings. The number of amides is 1. The third-order valence-corrected chi connectivity index (χ3v) is 4.17. The summed E-state index contributed by atoms with van der Waals surface area (Å²) in [6.07, 6.45) is 3.68. The van der Waals surface area contributed by atoms with E-state index in [4.69, 9.17) is 4.74 Å². The normalized spacial score (nSPS) is 17.5. The molecule has 1 amide bonds. The molecule has 0 bridgehead atoms. The Morgan fingerprint density at radius 1 is 1.25 bits per heavy atom. The van der Waals surface area contributed by atoms with Crippen molar-refractivity contribution in [2.24, 2.45) is 0 Å². The van der Waals surface area contributed by atoms with Crippen LogP contribution in [0.4, 0.5) is 0 Å². The third kappa shape index (κ3) is 2.97. The molecule has 0 saturated carbocycles. The lowest BCUT2D eigenvalue weighted by molar-refractivity contribution is -0.143. The number of carboxylic acids is 1. The molecule has 1 aliphatic rings. The van der Waals surface area contributed by atoms with Gasteiger partial charge in [0, 0.05) is 6.54 Å². The molecular formula is C17H19N3O4. The van der Waals surface area contributed by atoms with Crippen LogP contribution in [0, 0.1) is 0 Å². The molecule has 1 aromatic heterocycles. The van der Waals surface area contributed by atoms with Crippen molar-refractivity contribution >= 4 is 11.9 Å². The molecule has 1 fully saturated rings. The van der Waals surface area contributed by atoms with Crippen LogP contribution in [0.5, 0.6) is 5.75 Å². The highest BCUT2D eigenvalue weighted by atomic mass is 16.5. The Labute approximate surface area is 139 Å². The van der Waals surface area contributed by atoms with Crippen LogP contribution in [0.1, 0.15) is 29.8 Å². The maximum absolute atomic E-state index is 12.8. The Bertz CT molecular complexity index is 742. The molecule has 1 saturated heterocycles. The van der Waals surface area contributed by atoms with Crippen LogP contribution >= 0.6 is 0 Å². The van der Waals surface area contributed by atoms with Gasteiger partial charge in [-0.3, -0.25) is 4.79 Å². The molecule has 7 heteroatoms. The smallest absolute Gasteiger partial charge is 0.326 e. The van der Waals surface area contributed by atoms with E-state index in [-0.39, 0.29) is 5.69 Å². The number of ether oxygens (including phenoxy) is 1. The predicted molar refractivity (Wildman–Crippen MR) is 86.4 cm³/mol. The van der Waals surface area contributed by atoms with Crippen LogP contribution in [0.15, 0.2) is 36.5 Å². The number of hydrogen-bond donors (Lipinski definition) is 1. The van der Waals surface area contributed by atoms with Crippen LogP contribution in [-0.4, -0.2) is 51.4 Å². The standard InChI is InChI=1S/C17H19N3O4/c1-24-14-11-20(12-7-3-2-4-8-12)18-15(14)16(21)19-10-6-5-9-13(19)17(22)23/h2-4,7-8,11,13H,5-6,9-10H2,1H3,(H,22,23). The number of hydrogen-bond acceptors (Lipinski definition) is 4. The molecule has 2 heterocycles. The Balaban J connectivity index is 1.94. The lowest BCUT2D eigenvalue weighted by atomic mass is 10.0. The van der Waals surface area contributed by atoms with Gasteiger partial charge in [-0.15, -0.1) is 0 Å². The van der Waals surface area contributed by atoms with Crippen molar-refractivity contribution in [3.63, 3.8) is 0 Å². The van der Waals surface area contributed by atoms with E-state index in [0.29, 0.717) is 18.7 Å². The number of benzene rings is 1. The first-order valence-electron chi connectivity index (χ1n) is 7.84. The lowest BCUT2D eigenvalue weighted by Crippen LogP contribution is -2.48. The van der Waals surface area contributed by atoms with Crippen molar-refractivity contribution in [2.75, 3.05) is 13.7 Å². The van der Waals surface area contributed by atoms with Gasteiger partial charge < -0.3 is 14.7 Å². The summed E-state index contributed by atoms with van der Waals surface area (Å²) in [5.41, 5.74) is 0.929. The summed E-state index contributed by atoms with van der Waals surface area (Å²) in [5, 5.41) is 13.7. The van der Waals surface area contributed by atoms with E-state index >= 15 is 0 Å². The van der Waals surface area contributed by atoms with E-state index in [2.05, 4.69) is 5.10 Å². The minimum atomic E-state index is -0.982. The average Bonchev–Trinajstić information content (AvgIpc) is 3.06. The summed E-state index contributed by atoms with van der Waals surface area (Å²) in [6.45, 7) is 0.414. The second kappa shape index (κ2) is 6.74. The third-order valence-electron chi connectivity index (χ3n) is 4.17. The van der Waals surface area contributed by atoms with Crippen molar-refractivity contribution in [2.45, 2.75) is 25.3 Å². The number of carboxylic acid groups (broad SMARTS) is 1. The predicted octanol–water partition coefficient (Wildman–Crippen LogP) is 1.96. The highest BCUT2D eigenvalue weighted by Gasteiger charge is 2.35. The van der Waals surface area contributed by atoms with Crippen molar-refractivity contribution in [1.82, 2.24) is 14.7 Å². The van der Waals surface area contributed by atoms with Gasteiger partial charge in [-0.05, 0) is 31.4 Å². The number of carbonyl (C=O) groups is 2. The minimum Gasteiger partial charge on any atom is -0.493 e. The number of likely N-dealkylation sites (tertiary alicyclic amines) is 1. The fourth-order valence-electron chi connectivity index (χ4n) is 2.94. The summed E-state index contributed by atoms with van der Waals surface area (Å²) >= 11 is 0. The van der Waals surface area contributed by atoms with Gasteiger partial charge >= 0.3 is 5.97 Å². The highest BCUT2D eigenvalue weighted by Crippen LogP contribution is 2.25. The molecule has 24 heavy (non-hydrogen) atoms. The molecule has 1 unspecified atom stereocenters. The van der Waals surface area contributed by atoms with Crippen molar-refractivity contribution in [3.05, 3.63) is 42.2 Å². The molecular weight excluding hydrogens is 310 g/mol. The van der Waals surface area contributed by atoms with Crippen LogP contribution in [0.3, 0.4) is 0 Å². The Hall–Kier alpha value is -2.83. The summed E-state index contributed by atoms with van der Waals surface area (Å²) in [5.74, 6) is -1.06.